The zero-order chi connectivity index (χ0) is 40.1. The number of pyridine rings is 1. The van der Waals surface area contributed by atoms with E-state index < -0.39 is 0 Å². The Morgan fingerprint density at radius 2 is 0.483 bits per heavy atom. The third-order valence-corrected chi connectivity index (χ3v) is 10.9. The summed E-state index contributed by atoms with van der Waals surface area (Å²) in [6.45, 7) is 0. The Labute approximate surface area is 351 Å². The van der Waals surface area contributed by atoms with Gasteiger partial charge in [-0.3, -0.25) is 0 Å². The summed E-state index contributed by atoms with van der Waals surface area (Å²) in [5.74, 6) is 0.695. The second kappa shape index (κ2) is 16.5. The van der Waals surface area contributed by atoms with Gasteiger partial charge in [0.25, 0.3) is 0 Å². The molecule has 282 valence electrons. The molecule has 0 N–H and O–H groups in total. The highest BCUT2D eigenvalue weighted by atomic mass is 14.9. The van der Waals surface area contributed by atoms with Crippen molar-refractivity contribution in [3.05, 3.63) is 237 Å². The minimum Gasteiger partial charge on any atom is -0.246 e. The van der Waals surface area contributed by atoms with Crippen LogP contribution in [0.5, 0.6) is 0 Å². The molecule has 0 amide bonds. The van der Waals surface area contributed by atoms with E-state index in [0.717, 1.165) is 95.1 Å². The summed E-state index contributed by atoms with van der Waals surface area (Å²) in [7, 11) is 0. The second-order valence-electron chi connectivity index (χ2n) is 14.7. The van der Waals surface area contributed by atoms with E-state index in [2.05, 4.69) is 200 Å². The number of benzene rings is 8. The van der Waals surface area contributed by atoms with Crippen LogP contribution in [-0.2, 0) is 0 Å². The van der Waals surface area contributed by atoms with Crippen molar-refractivity contribution in [1.82, 2.24) is 15.0 Å². The molecular formula is C57H39N3. The van der Waals surface area contributed by atoms with Gasteiger partial charge in [0.05, 0.1) is 22.8 Å². The van der Waals surface area contributed by atoms with Crippen molar-refractivity contribution < 1.29 is 0 Å². The molecule has 10 rings (SSSR count). The van der Waals surface area contributed by atoms with E-state index in [-0.39, 0.29) is 0 Å². The number of aromatic nitrogens is 3. The molecule has 2 heterocycles. The van der Waals surface area contributed by atoms with Crippen LogP contribution in [0.2, 0.25) is 0 Å². The number of hydrogen-bond acceptors (Lipinski definition) is 3. The first-order valence-electron chi connectivity index (χ1n) is 20.3. The topological polar surface area (TPSA) is 38.7 Å². The van der Waals surface area contributed by atoms with Gasteiger partial charge < -0.3 is 0 Å². The SMILES string of the molecule is c1ccc(-c2cc(-c3ccccc3)nc(-c3ccc(-c4ccc(-c5c(-c6ccccc6)c(-c6ccccc6)nc(-c6ccccc6)c5-c5ccccc5)cc4)cc3)n2)cc1. The molecule has 3 nitrogen and oxygen atoms in total. The van der Waals surface area contributed by atoms with E-state index in [4.69, 9.17) is 15.0 Å². The molecule has 0 aliphatic carbocycles. The lowest BCUT2D eigenvalue weighted by molar-refractivity contribution is 1.18. The quantitative estimate of drug-likeness (QED) is 0.147. The van der Waals surface area contributed by atoms with E-state index in [1.165, 1.54) is 0 Å². The van der Waals surface area contributed by atoms with Crippen LogP contribution in [0.3, 0.4) is 0 Å². The zero-order valence-corrected chi connectivity index (χ0v) is 32.9. The van der Waals surface area contributed by atoms with E-state index >= 15 is 0 Å². The zero-order valence-electron chi connectivity index (χ0n) is 32.9. The van der Waals surface area contributed by atoms with Crippen molar-refractivity contribution in [3.8, 4) is 101 Å². The van der Waals surface area contributed by atoms with E-state index in [9.17, 15) is 0 Å². The average molecular weight is 766 g/mol. The van der Waals surface area contributed by atoms with Crippen molar-refractivity contribution >= 4 is 0 Å². The third kappa shape index (κ3) is 7.32. The molecule has 10 aromatic rings. The summed E-state index contributed by atoms with van der Waals surface area (Å²) in [5, 5.41) is 0. The average Bonchev–Trinajstić information content (AvgIpc) is 3.35. The number of rotatable bonds is 9. The molecular weight excluding hydrogens is 727 g/mol. The minimum absolute atomic E-state index is 0.695. The smallest absolute Gasteiger partial charge is 0.160 e. The molecule has 2 aromatic heterocycles. The normalized spacial score (nSPS) is 11.0. The molecule has 0 saturated heterocycles. The molecule has 0 bridgehead atoms. The molecule has 0 spiro atoms. The fraction of sp³-hybridized carbons (Fsp3) is 0. The first-order chi connectivity index (χ1) is 29.8. The maximum absolute atomic E-state index is 5.59. The van der Waals surface area contributed by atoms with Gasteiger partial charge in [0, 0.05) is 44.5 Å². The number of hydrogen-bond donors (Lipinski definition) is 0. The van der Waals surface area contributed by atoms with Gasteiger partial charge in [0.1, 0.15) is 0 Å². The Kier molecular flexibility index (Phi) is 9.97. The van der Waals surface area contributed by atoms with Crippen LogP contribution in [0.15, 0.2) is 237 Å². The Balaban J connectivity index is 1.11. The lowest BCUT2D eigenvalue weighted by Gasteiger charge is -2.23. The molecule has 0 unspecified atom stereocenters. The Bertz CT molecular complexity index is 2850. The van der Waals surface area contributed by atoms with Crippen LogP contribution in [0.25, 0.3) is 101 Å². The predicted molar refractivity (Wildman–Crippen MR) is 249 cm³/mol. The fourth-order valence-corrected chi connectivity index (χ4v) is 7.99. The van der Waals surface area contributed by atoms with Crippen LogP contribution in [0.1, 0.15) is 0 Å². The molecule has 8 aromatic carbocycles. The van der Waals surface area contributed by atoms with Crippen molar-refractivity contribution in [2.24, 2.45) is 0 Å². The van der Waals surface area contributed by atoms with E-state index in [0.29, 0.717) is 5.82 Å². The van der Waals surface area contributed by atoms with Crippen LogP contribution >= 0.6 is 0 Å². The van der Waals surface area contributed by atoms with E-state index in [1.807, 2.05) is 36.4 Å². The van der Waals surface area contributed by atoms with Crippen LogP contribution in [-0.4, -0.2) is 15.0 Å². The van der Waals surface area contributed by atoms with Crippen molar-refractivity contribution in [2.75, 3.05) is 0 Å². The van der Waals surface area contributed by atoms with Crippen LogP contribution < -0.4 is 0 Å². The fourth-order valence-electron chi connectivity index (χ4n) is 7.99. The predicted octanol–water partition coefficient (Wildman–Crippen LogP) is 14.9. The summed E-state index contributed by atoms with van der Waals surface area (Å²) in [6.07, 6.45) is 0. The van der Waals surface area contributed by atoms with Gasteiger partial charge >= 0.3 is 0 Å². The maximum atomic E-state index is 5.59. The molecule has 0 aliphatic heterocycles. The Morgan fingerprint density at radius 1 is 0.200 bits per heavy atom. The lowest BCUT2D eigenvalue weighted by Crippen LogP contribution is -2.01. The highest BCUT2D eigenvalue weighted by molar-refractivity contribution is 6.05. The van der Waals surface area contributed by atoms with Crippen LogP contribution in [0.4, 0.5) is 0 Å². The molecule has 0 atom stereocenters. The summed E-state index contributed by atoms with van der Waals surface area (Å²) in [4.78, 5) is 15.7. The molecule has 0 fully saturated rings. The maximum Gasteiger partial charge on any atom is 0.160 e. The molecule has 3 heteroatoms. The standard InChI is InChI=1S/C57H39N3/c1-7-19-42(20-8-1)50-39-51(43-21-9-2-10-22-43)59-57(58-50)49-37-33-41(34-38-49)40-31-35-46(36-32-40)52-53(44-23-11-3-12-24-44)55(47-27-15-5-16-28-47)60-56(48-29-17-6-18-30-48)54(52)45-25-13-4-14-26-45/h1-39H. The van der Waals surface area contributed by atoms with E-state index in [1.54, 1.807) is 0 Å². The summed E-state index contributed by atoms with van der Waals surface area (Å²) >= 11 is 0. The Hall–Kier alpha value is -8.01. The van der Waals surface area contributed by atoms with Gasteiger partial charge in [-0.15, -0.1) is 0 Å². The van der Waals surface area contributed by atoms with Crippen molar-refractivity contribution in [3.63, 3.8) is 0 Å². The summed E-state index contributed by atoms with van der Waals surface area (Å²) in [5.41, 5.74) is 17.8. The monoisotopic (exact) mass is 765 g/mol. The van der Waals surface area contributed by atoms with Gasteiger partial charge in [0.15, 0.2) is 5.82 Å². The van der Waals surface area contributed by atoms with Crippen LogP contribution in [0, 0.1) is 0 Å². The molecule has 60 heavy (non-hydrogen) atoms. The summed E-state index contributed by atoms with van der Waals surface area (Å²) in [6, 6.07) is 82.8. The highest BCUT2D eigenvalue weighted by Gasteiger charge is 2.25. The van der Waals surface area contributed by atoms with Gasteiger partial charge in [0.2, 0.25) is 0 Å². The first kappa shape index (κ1) is 36.3. The third-order valence-electron chi connectivity index (χ3n) is 10.9. The Morgan fingerprint density at radius 3 is 0.850 bits per heavy atom. The van der Waals surface area contributed by atoms with Crippen molar-refractivity contribution in [1.29, 1.82) is 0 Å². The summed E-state index contributed by atoms with van der Waals surface area (Å²) < 4.78 is 0. The molecule has 0 aliphatic rings. The molecule has 0 saturated carbocycles. The second-order valence-corrected chi connectivity index (χ2v) is 14.7. The van der Waals surface area contributed by atoms with Gasteiger partial charge in [-0.05, 0) is 33.9 Å². The molecule has 0 radical (unpaired) electrons. The minimum atomic E-state index is 0.695. The van der Waals surface area contributed by atoms with Gasteiger partial charge in [-0.25, -0.2) is 15.0 Å². The number of nitrogens with zero attached hydrogens (tertiary/aromatic N) is 3. The van der Waals surface area contributed by atoms with Crippen molar-refractivity contribution in [2.45, 2.75) is 0 Å². The first-order valence-corrected chi connectivity index (χ1v) is 20.3. The largest absolute Gasteiger partial charge is 0.246 e. The van der Waals surface area contributed by atoms with Gasteiger partial charge in [-0.2, -0.15) is 0 Å². The lowest BCUT2D eigenvalue weighted by atomic mass is 9.83. The van der Waals surface area contributed by atoms with Gasteiger partial charge in [-0.1, -0.05) is 231 Å². The highest BCUT2D eigenvalue weighted by Crippen LogP contribution is 2.48.